The Hall–Kier alpha value is -3.73. The lowest BCUT2D eigenvalue weighted by Crippen LogP contribution is -2.43. The summed E-state index contributed by atoms with van der Waals surface area (Å²) in [6, 6.07) is 12.8. The number of methoxy groups -OCH3 is 1. The van der Waals surface area contributed by atoms with Gasteiger partial charge in [0.05, 0.1) is 23.7 Å². The van der Waals surface area contributed by atoms with Gasteiger partial charge in [0.15, 0.2) is 0 Å². The number of ether oxygens (including phenoxy) is 1. The lowest BCUT2D eigenvalue weighted by atomic mass is 10.0. The molecule has 0 radical (unpaired) electrons. The number of nitrogens with one attached hydrogen (secondary N) is 1. The highest BCUT2D eigenvalue weighted by Gasteiger charge is 2.23. The maximum Gasteiger partial charge on any atom is 0.328 e. The Kier molecular flexibility index (Phi) is 6.01. The summed E-state index contributed by atoms with van der Waals surface area (Å²) in [7, 11) is 1.19. The van der Waals surface area contributed by atoms with Gasteiger partial charge in [-0.15, -0.1) is 0 Å². The Morgan fingerprint density at radius 1 is 1.27 bits per heavy atom. The standard InChI is InChI=1S/C18H15N3O5/c1-26-18(23)16(9-12-4-2-5-13(8-12)11-19)20-17(22)14-6-3-7-15(10-14)21(24)25/h2-8,10,16H,9H2,1H3,(H,20,22)/t16-/m1/s1. The summed E-state index contributed by atoms with van der Waals surface area (Å²) in [4.78, 5) is 34.6. The number of nitrogens with zero attached hydrogens (tertiary/aromatic N) is 2. The van der Waals surface area contributed by atoms with Gasteiger partial charge in [0.2, 0.25) is 0 Å². The minimum absolute atomic E-state index is 0.0545. The second-order valence-electron chi connectivity index (χ2n) is 5.37. The number of hydrogen-bond acceptors (Lipinski definition) is 6. The molecule has 0 spiro atoms. The molecule has 0 saturated heterocycles. The molecule has 2 aromatic rings. The van der Waals surface area contributed by atoms with E-state index in [1.54, 1.807) is 24.3 Å². The second-order valence-corrected chi connectivity index (χ2v) is 5.37. The fraction of sp³-hybridized carbons (Fsp3) is 0.167. The third-order valence-corrected chi connectivity index (χ3v) is 3.61. The maximum atomic E-state index is 12.4. The quantitative estimate of drug-likeness (QED) is 0.481. The van der Waals surface area contributed by atoms with Gasteiger partial charge in [-0.25, -0.2) is 4.79 Å². The van der Waals surface area contributed by atoms with Crippen molar-refractivity contribution in [3.05, 3.63) is 75.3 Å². The lowest BCUT2D eigenvalue weighted by Gasteiger charge is -2.16. The van der Waals surface area contributed by atoms with E-state index in [-0.39, 0.29) is 17.7 Å². The minimum atomic E-state index is -0.999. The van der Waals surface area contributed by atoms with Crippen LogP contribution in [0.25, 0.3) is 0 Å². The van der Waals surface area contributed by atoms with Gasteiger partial charge in [0, 0.05) is 24.1 Å². The molecule has 1 atom stereocenters. The highest BCUT2D eigenvalue weighted by Crippen LogP contribution is 2.14. The number of non-ortho nitro benzene ring substituents is 1. The van der Waals surface area contributed by atoms with Crippen LogP contribution in [0, 0.1) is 21.4 Å². The van der Waals surface area contributed by atoms with E-state index in [4.69, 9.17) is 10.00 Å². The van der Waals surface area contributed by atoms with Crippen LogP contribution in [0.1, 0.15) is 21.5 Å². The van der Waals surface area contributed by atoms with Crippen molar-refractivity contribution >= 4 is 17.6 Å². The molecule has 1 N–H and O–H groups in total. The van der Waals surface area contributed by atoms with Gasteiger partial charge >= 0.3 is 5.97 Å². The molecule has 0 aromatic heterocycles. The third kappa shape index (κ3) is 4.64. The van der Waals surface area contributed by atoms with E-state index in [2.05, 4.69) is 5.32 Å². The van der Waals surface area contributed by atoms with Crippen molar-refractivity contribution in [3.63, 3.8) is 0 Å². The molecular formula is C18H15N3O5. The van der Waals surface area contributed by atoms with Gasteiger partial charge < -0.3 is 10.1 Å². The molecule has 8 nitrogen and oxygen atoms in total. The molecule has 1 amide bonds. The number of rotatable bonds is 6. The predicted molar refractivity (Wildman–Crippen MR) is 91.2 cm³/mol. The first kappa shape index (κ1) is 18.6. The number of nitro groups is 1. The van der Waals surface area contributed by atoms with E-state index >= 15 is 0 Å². The third-order valence-electron chi connectivity index (χ3n) is 3.61. The number of nitro benzene ring substituents is 1. The summed E-state index contributed by atoms with van der Waals surface area (Å²) in [5.74, 6) is -1.30. The summed E-state index contributed by atoms with van der Waals surface area (Å²) < 4.78 is 4.71. The Labute approximate surface area is 149 Å². The zero-order valence-electron chi connectivity index (χ0n) is 13.8. The minimum Gasteiger partial charge on any atom is -0.467 e. The van der Waals surface area contributed by atoms with Crippen molar-refractivity contribution in [3.8, 4) is 6.07 Å². The molecule has 0 aliphatic rings. The van der Waals surface area contributed by atoms with Crippen molar-refractivity contribution in [2.24, 2.45) is 0 Å². The largest absolute Gasteiger partial charge is 0.467 e. The number of esters is 1. The van der Waals surface area contributed by atoms with E-state index in [0.717, 1.165) is 6.07 Å². The van der Waals surface area contributed by atoms with Crippen molar-refractivity contribution in [1.29, 1.82) is 5.26 Å². The first-order valence-corrected chi connectivity index (χ1v) is 7.56. The Morgan fingerprint density at radius 2 is 2.00 bits per heavy atom. The van der Waals surface area contributed by atoms with Gasteiger partial charge in [-0.2, -0.15) is 5.26 Å². The van der Waals surface area contributed by atoms with Crippen molar-refractivity contribution in [2.45, 2.75) is 12.5 Å². The molecular weight excluding hydrogens is 338 g/mol. The SMILES string of the molecule is COC(=O)[C@@H](Cc1cccc(C#N)c1)NC(=O)c1cccc([N+](=O)[O-])c1. The number of amides is 1. The molecule has 0 heterocycles. The number of benzene rings is 2. The van der Waals surface area contributed by atoms with Crippen LogP contribution in [0.15, 0.2) is 48.5 Å². The van der Waals surface area contributed by atoms with Crippen molar-refractivity contribution < 1.29 is 19.2 Å². The first-order chi connectivity index (χ1) is 12.4. The zero-order chi connectivity index (χ0) is 19.1. The number of carbonyl (C=O) groups excluding carboxylic acids is 2. The first-order valence-electron chi connectivity index (χ1n) is 7.56. The van der Waals surface area contributed by atoms with Gasteiger partial charge in [0.1, 0.15) is 6.04 Å². The van der Waals surface area contributed by atoms with Gasteiger partial charge in [-0.3, -0.25) is 14.9 Å². The van der Waals surface area contributed by atoms with Crippen LogP contribution in [0.2, 0.25) is 0 Å². The molecule has 2 rings (SSSR count). The molecule has 0 bridgehead atoms. The fourth-order valence-corrected chi connectivity index (χ4v) is 2.34. The normalized spacial score (nSPS) is 11.1. The van der Waals surface area contributed by atoms with Crippen LogP contribution in [-0.4, -0.2) is 30.0 Å². The second kappa shape index (κ2) is 8.39. The summed E-state index contributed by atoms with van der Waals surface area (Å²) in [5, 5.41) is 22.3. The number of hydrogen-bond donors (Lipinski definition) is 1. The highest BCUT2D eigenvalue weighted by molar-refractivity contribution is 5.97. The molecule has 0 aliphatic carbocycles. The van der Waals surface area contributed by atoms with E-state index in [0.29, 0.717) is 11.1 Å². The molecule has 132 valence electrons. The van der Waals surface area contributed by atoms with Crippen LogP contribution < -0.4 is 5.32 Å². The van der Waals surface area contributed by atoms with Crippen molar-refractivity contribution in [1.82, 2.24) is 5.32 Å². The van der Waals surface area contributed by atoms with Crippen LogP contribution >= 0.6 is 0 Å². The fourth-order valence-electron chi connectivity index (χ4n) is 2.34. The summed E-state index contributed by atoms with van der Waals surface area (Å²) >= 11 is 0. The Bertz CT molecular complexity index is 888. The van der Waals surface area contributed by atoms with Gasteiger partial charge in [0.25, 0.3) is 11.6 Å². The summed E-state index contributed by atoms with van der Waals surface area (Å²) in [6.07, 6.45) is 0.114. The molecule has 26 heavy (non-hydrogen) atoms. The zero-order valence-corrected chi connectivity index (χ0v) is 13.8. The smallest absolute Gasteiger partial charge is 0.328 e. The van der Waals surface area contributed by atoms with E-state index in [1.807, 2.05) is 6.07 Å². The lowest BCUT2D eigenvalue weighted by molar-refractivity contribution is -0.384. The highest BCUT2D eigenvalue weighted by atomic mass is 16.6. The van der Waals surface area contributed by atoms with Gasteiger partial charge in [-0.1, -0.05) is 18.2 Å². The molecule has 0 saturated carbocycles. The molecule has 2 aromatic carbocycles. The van der Waals surface area contributed by atoms with Crippen LogP contribution in [0.4, 0.5) is 5.69 Å². The van der Waals surface area contributed by atoms with Crippen LogP contribution in [0.5, 0.6) is 0 Å². The topological polar surface area (TPSA) is 122 Å². The van der Waals surface area contributed by atoms with Gasteiger partial charge in [-0.05, 0) is 23.8 Å². The Morgan fingerprint density at radius 3 is 2.65 bits per heavy atom. The number of nitriles is 1. The predicted octanol–water partition coefficient (Wildman–Crippen LogP) is 1.98. The Balaban J connectivity index is 2.21. The number of carbonyl (C=O) groups is 2. The average Bonchev–Trinajstić information content (AvgIpc) is 2.66. The monoisotopic (exact) mass is 353 g/mol. The van der Waals surface area contributed by atoms with E-state index in [9.17, 15) is 19.7 Å². The average molecular weight is 353 g/mol. The van der Waals surface area contributed by atoms with E-state index in [1.165, 1.54) is 25.3 Å². The van der Waals surface area contributed by atoms with Crippen LogP contribution in [-0.2, 0) is 16.0 Å². The molecule has 0 aliphatic heterocycles. The summed E-state index contributed by atoms with van der Waals surface area (Å²) in [5.41, 5.74) is 0.919. The van der Waals surface area contributed by atoms with Crippen LogP contribution in [0.3, 0.4) is 0 Å². The van der Waals surface area contributed by atoms with Crippen molar-refractivity contribution in [2.75, 3.05) is 7.11 Å². The molecule has 0 fully saturated rings. The van der Waals surface area contributed by atoms with E-state index < -0.39 is 22.8 Å². The summed E-state index contributed by atoms with van der Waals surface area (Å²) in [6.45, 7) is 0. The maximum absolute atomic E-state index is 12.4. The molecule has 8 heteroatoms. The molecule has 0 unspecified atom stereocenters.